The number of carbonyl (C=O) groups is 1. The molecule has 0 saturated heterocycles. The summed E-state index contributed by atoms with van der Waals surface area (Å²) in [6.07, 6.45) is 2.75. The third-order valence-corrected chi connectivity index (χ3v) is 3.22. The van der Waals surface area contributed by atoms with Gasteiger partial charge in [-0.2, -0.15) is 0 Å². The molecule has 3 aromatic rings. The third-order valence-electron chi connectivity index (χ3n) is 3.22. The molecule has 0 aliphatic heterocycles. The molecule has 0 saturated carbocycles. The topological polar surface area (TPSA) is 105 Å². The summed E-state index contributed by atoms with van der Waals surface area (Å²) in [7, 11) is 0. The number of allylic oxidation sites excluding steroid dienone is 1. The molecule has 0 spiro atoms. The quantitative estimate of drug-likeness (QED) is 0.242. The molecule has 1 aromatic heterocycles. The van der Waals surface area contributed by atoms with Crippen LogP contribution in [0.2, 0.25) is 0 Å². The van der Waals surface area contributed by atoms with Crippen LogP contribution in [0.25, 0.3) is 17.1 Å². The van der Waals surface area contributed by atoms with E-state index in [0.29, 0.717) is 21.4 Å². The molecule has 0 bridgehead atoms. The molecule has 0 atom stereocenters. The zero-order valence-corrected chi connectivity index (χ0v) is 11.7. The number of nitro benzene ring substituents is 1. The Morgan fingerprint density at radius 2 is 1.87 bits per heavy atom. The molecule has 1 heterocycles. The highest BCUT2D eigenvalue weighted by atomic mass is 16.6. The number of non-ortho nitro benzene ring substituents is 1. The molecule has 0 aliphatic carbocycles. The fraction of sp³-hybridized carbons (Fsp3) is 0. The fourth-order valence-corrected chi connectivity index (χ4v) is 2.09. The lowest BCUT2D eigenvalue weighted by Crippen LogP contribution is -2.30. The molecule has 8 nitrogen and oxygen atoms in total. The van der Waals surface area contributed by atoms with Gasteiger partial charge >= 0.3 is 5.91 Å². The van der Waals surface area contributed by atoms with E-state index in [1.807, 2.05) is 0 Å². The molecule has 0 N–H and O–H groups in total. The number of hydrogen-bond donors (Lipinski definition) is 0. The second-order valence-electron chi connectivity index (χ2n) is 4.68. The molecule has 0 radical (unpaired) electrons. The van der Waals surface area contributed by atoms with Crippen molar-refractivity contribution in [2.45, 2.75) is 0 Å². The smallest absolute Gasteiger partial charge is 0.359 e. The van der Waals surface area contributed by atoms with Crippen LogP contribution in [0.1, 0.15) is 10.4 Å². The van der Waals surface area contributed by atoms with Crippen molar-refractivity contribution in [3.8, 4) is 0 Å². The van der Waals surface area contributed by atoms with E-state index in [2.05, 4.69) is 5.21 Å². The number of carbonyl (C=O) groups excluding carboxylic acids is 1. The summed E-state index contributed by atoms with van der Waals surface area (Å²) in [6.45, 7) is 0. The van der Waals surface area contributed by atoms with Gasteiger partial charge in [-0.25, -0.2) is 4.79 Å². The zero-order valence-electron chi connectivity index (χ0n) is 11.7. The Balaban J connectivity index is 1.87. The average Bonchev–Trinajstić information content (AvgIpc) is 2.90. The van der Waals surface area contributed by atoms with E-state index in [1.165, 1.54) is 36.4 Å². The lowest BCUT2D eigenvalue weighted by atomic mass is 10.2. The van der Waals surface area contributed by atoms with Gasteiger partial charge in [-0.3, -0.25) is 10.1 Å². The number of fused-ring (bicyclic) bond motifs is 1. The van der Waals surface area contributed by atoms with Gasteiger partial charge in [0, 0.05) is 18.2 Å². The van der Waals surface area contributed by atoms with Crippen molar-refractivity contribution in [1.29, 1.82) is 0 Å². The maximum absolute atomic E-state index is 12.2. The maximum Gasteiger partial charge on any atom is 0.359 e. The number of para-hydroxylation sites is 2. The molecule has 0 amide bonds. The van der Waals surface area contributed by atoms with Crippen LogP contribution in [0.5, 0.6) is 0 Å². The van der Waals surface area contributed by atoms with Gasteiger partial charge in [-0.1, -0.05) is 16.8 Å². The second kappa shape index (κ2) is 5.68. The SMILES string of the molecule is O=C(/C=C/c1ccc([N+](=O)[O-])cc1)n1n[n+]([O-])c2ccccc21. The minimum absolute atomic E-state index is 0.0288. The number of aromatic nitrogens is 3. The summed E-state index contributed by atoms with van der Waals surface area (Å²) in [5.41, 5.74) is 1.29. The fourth-order valence-electron chi connectivity index (χ4n) is 2.09. The number of nitrogens with zero attached hydrogens (tertiary/aromatic N) is 4. The van der Waals surface area contributed by atoms with Gasteiger partial charge in [0.1, 0.15) is 5.21 Å². The summed E-state index contributed by atoms with van der Waals surface area (Å²) in [5.74, 6) is -0.492. The van der Waals surface area contributed by atoms with Crippen LogP contribution in [-0.2, 0) is 0 Å². The van der Waals surface area contributed by atoms with Crippen molar-refractivity contribution in [3.63, 3.8) is 0 Å². The van der Waals surface area contributed by atoms with Crippen LogP contribution >= 0.6 is 0 Å². The molecular formula is C15H10N4O4. The molecular weight excluding hydrogens is 300 g/mol. The lowest BCUT2D eigenvalue weighted by molar-refractivity contribution is -0.645. The van der Waals surface area contributed by atoms with E-state index in [9.17, 15) is 20.1 Å². The van der Waals surface area contributed by atoms with E-state index in [1.54, 1.807) is 24.3 Å². The van der Waals surface area contributed by atoms with Crippen molar-refractivity contribution < 1.29 is 14.6 Å². The van der Waals surface area contributed by atoms with Gasteiger partial charge < -0.3 is 5.21 Å². The van der Waals surface area contributed by atoms with Gasteiger partial charge in [0.05, 0.1) is 4.92 Å². The maximum atomic E-state index is 12.2. The van der Waals surface area contributed by atoms with Crippen LogP contribution < -0.4 is 4.85 Å². The number of benzene rings is 2. The van der Waals surface area contributed by atoms with E-state index >= 15 is 0 Å². The van der Waals surface area contributed by atoms with Crippen LogP contribution in [0, 0.1) is 15.3 Å². The highest BCUT2D eigenvalue weighted by Crippen LogP contribution is 2.13. The van der Waals surface area contributed by atoms with E-state index in [0.717, 1.165) is 4.68 Å². The van der Waals surface area contributed by atoms with Gasteiger partial charge in [0.2, 0.25) is 11.0 Å². The van der Waals surface area contributed by atoms with Crippen molar-refractivity contribution >= 4 is 28.7 Å². The largest absolute Gasteiger partial charge is 0.691 e. The van der Waals surface area contributed by atoms with Gasteiger partial charge in [0.15, 0.2) is 0 Å². The zero-order chi connectivity index (χ0) is 16.4. The predicted molar refractivity (Wildman–Crippen MR) is 81.4 cm³/mol. The molecule has 23 heavy (non-hydrogen) atoms. The Morgan fingerprint density at radius 3 is 2.57 bits per heavy atom. The van der Waals surface area contributed by atoms with Crippen molar-refractivity contribution in [2.24, 2.45) is 0 Å². The summed E-state index contributed by atoms with van der Waals surface area (Å²) in [4.78, 5) is 22.6. The van der Waals surface area contributed by atoms with Gasteiger partial charge in [-0.15, -0.1) is 4.85 Å². The van der Waals surface area contributed by atoms with E-state index in [4.69, 9.17) is 0 Å². The normalized spacial score (nSPS) is 11.1. The van der Waals surface area contributed by atoms with Gasteiger partial charge in [-0.05, 0) is 35.9 Å². The first-order valence-corrected chi connectivity index (χ1v) is 6.61. The molecule has 0 aliphatic rings. The first kappa shape index (κ1) is 14.4. The summed E-state index contributed by atoms with van der Waals surface area (Å²) in [5, 5.41) is 25.8. The summed E-state index contributed by atoms with van der Waals surface area (Å²) < 4.78 is 1.00. The Morgan fingerprint density at radius 1 is 1.17 bits per heavy atom. The van der Waals surface area contributed by atoms with Gasteiger partial charge in [0.25, 0.3) is 5.69 Å². The number of rotatable bonds is 3. The molecule has 3 rings (SSSR count). The Kier molecular flexibility index (Phi) is 3.55. The molecule has 2 aromatic carbocycles. The van der Waals surface area contributed by atoms with E-state index < -0.39 is 10.8 Å². The molecule has 0 unspecified atom stereocenters. The lowest BCUT2D eigenvalue weighted by Gasteiger charge is -1.93. The second-order valence-corrected chi connectivity index (χ2v) is 4.68. The number of nitro groups is 1. The Hall–Kier alpha value is -3.55. The third kappa shape index (κ3) is 2.77. The summed E-state index contributed by atoms with van der Waals surface area (Å²) >= 11 is 0. The minimum Gasteiger partial charge on any atom is -0.691 e. The Labute approximate surface area is 129 Å². The monoisotopic (exact) mass is 310 g/mol. The van der Waals surface area contributed by atoms with Crippen molar-refractivity contribution in [1.82, 2.24) is 9.90 Å². The van der Waals surface area contributed by atoms with Crippen LogP contribution in [-0.4, -0.2) is 20.7 Å². The molecule has 8 heteroatoms. The standard InChI is InChI=1S/C15H10N4O4/c20-15(10-7-11-5-8-12(9-6-11)19(22)23)17-13-3-1-2-4-14(13)18(21)16-17/h1-10H/b10-7+. The highest BCUT2D eigenvalue weighted by molar-refractivity contribution is 5.97. The average molecular weight is 310 g/mol. The summed E-state index contributed by atoms with van der Waals surface area (Å²) in [6, 6.07) is 12.3. The number of hydrogen-bond acceptors (Lipinski definition) is 5. The van der Waals surface area contributed by atoms with Crippen molar-refractivity contribution in [3.05, 3.63) is 75.5 Å². The Bertz CT molecular complexity index is 928. The first-order valence-electron chi connectivity index (χ1n) is 6.61. The first-order chi connectivity index (χ1) is 11.1. The van der Waals surface area contributed by atoms with Crippen LogP contribution in [0.4, 0.5) is 5.69 Å². The highest BCUT2D eigenvalue weighted by Gasteiger charge is 2.18. The molecule has 114 valence electrons. The minimum atomic E-state index is -0.498. The van der Waals surface area contributed by atoms with Crippen LogP contribution in [0.3, 0.4) is 0 Å². The van der Waals surface area contributed by atoms with Crippen molar-refractivity contribution in [2.75, 3.05) is 0 Å². The predicted octanol–water partition coefficient (Wildman–Crippen LogP) is 1.93. The molecule has 0 fully saturated rings. The van der Waals surface area contributed by atoms with E-state index in [-0.39, 0.29) is 5.69 Å². The van der Waals surface area contributed by atoms with Crippen LogP contribution in [0.15, 0.2) is 54.6 Å².